The molecule has 1 aromatic heterocycles. The van der Waals surface area contributed by atoms with Crippen LogP contribution in [0.2, 0.25) is 0 Å². The smallest absolute Gasteiger partial charge is 0.211 e. The number of oxazole rings is 1. The van der Waals surface area contributed by atoms with Crippen molar-refractivity contribution in [2.45, 2.75) is 45.2 Å². The standard InChI is InChI=1S/C14H23N3O/c1-11-9-15-14(18-11)12(2)17-8-4-7-16-6-3-5-13(16)10-17/h9,12-13H,3-8,10H2,1-2H3. The van der Waals surface area contributed by atoms with Crippen LogP contribution in [0.5, 0.6) is 0 Å². The van der Waals surface area contributed by atoms with Crippen molar-refractivity contribution >= 4 is 0 Å². The molecule has 2 fully saturated rings. The molecule has 18 heavy (non-hydrogen) atoms. The van der Waals surface area contributed by atoms with Crippen molar-refractivity contribution in [2.75, 3.05) is 26.2 Å². The van der Waals surface area contributed by atoms with E-state index in [9.17, 15) is 0 Å². The zero-order valence-electron chi connectivity index (χ0n) is 11.4. The number of hydrogen-bond donors (Lipinski definition) is 0. The van der Waals surface area contributed by atoms with Gasteiger partial charge in [0.25, 0.3) is 0 Å². The molecule has 0 aliphatic carbocycles. The Labute approximate surface area is 109 Å². The van der Waals surface area contributed by atoms with Crippen molar-refractivity contribution in [1.29, 1.82) is 0 Å². The fraction of sp³-hybridized carbons (Fsp3) is 0.786. The number of aryl methyl sites for hydroxylation is 1. The molecule has 0 bridgehead atoms. The third-order valence-electron chi connectivity index (χ3n) is 4.38. The van der Waals surface area contributed by atoms with Gasteiger partial charge in [-0.05, 0) is 46.2 Å². The van der Waals surface area contributed by atoms with Crippen LogP contribution in [0.25, 0.3) is 0 Å². The van der Waals surface area contributed by atoms with Crippen molar-refractivity contribution in [3.8, 4) is 0 Å². The van der Waals surface area contributed by atoms with Crippen LogP contribution < -0.4 is 0 Å². The van der Waals surface area contributed by atoms with E-state index < -0.39 is 0 Å². The molecule has 0 amide bonds. The molecule has 100 valence electrons. The molecule has 1 aromatic rings. The van der Waals surface area contributed by atoms with E-state index in [0.29, 0.717) is 6.04 Å². The van der Waals surface area contributed by atoms with Gasteiger partial charge in [-0.2, -0.15) is 0 Å². The molecule has 0 N–H and O–H groups in total. The third-order valence-corrected chi connectivity index (χ3v) is 4.38. The van der Waals surface area contributed by atoms with E-state index in [2.05, 4.69) is 21.7 Å². The minimum atomic E-state index is 0.305. The molecule has 0 aromatic carbocycles. The van der Waals surface area contributed by atoms with Crippen LogP contribution in [0.3, 0.4) is 0 Å². The Bertz CT molecular complexity index is 403. The highest BCUT2D eigenvalue weighted by molar-refractivity contribution is 4.97. The second kappa shape index (κ2) is 5.02. The fourth-order valence-electron chi connectivity index (χ4n) is 3.31. The minimum Gasteiger partial charge on any atom is -0.444 e. The highest BCUT2D eigenvalue weighted by Crippen LogP contribution is 2.27. The van der Waals surface area contributed by atoms with Gasteiger partial charge in [-0.1, -0.05) is 0 Å². The lowest BCUT2D eigenvalue weighted by Crippen LogP contribution is -2.37. The summed E-state index contributed by atoms with van der Waals surface area (Å²) in [5, 5.41) is 0. The maximum atomic E-state index is 5.68. The number of hydrogen-bond acceptors (Lipinski definition) is 4. The fourth-order valence-corrected chi connectivity index (χ4v) is 3.31. The van der Waals surface area contributed by atoms with Gasteiger partial charge in [0.15, 0.2) is 0 Å². The zero-order valence-corrected chi connectivity index (χ0v) is 11.4. The van der Waals surface area contributed by atoms with Gasteiger partial charge >= 0.3 is 0 Å². The second-order valence-corrected chi connectivity index (χ2v) is 5.67. The third kappa shape index (κ3) is 2.31. The molecule has 0 spiro atoms. The normalized spacial score (nSPS) is 28.0. The molecular formula is C14H23N3O. The Balaban J connectivity index is 1.71. The van der Waals surface area contributed by atoms with Crippen molar-refractivity contribution in [2.24, 2.45) is 0 Å². The summed E-state index contributed by atoms with van der Waals surface area (Å²) in [5.74, 6) is 1.79. The topological polar surface area (TPSA) is 32.5 Å². The lowest BCUT2D eigenvalue weighted by atomic mass is 10.2. The summed E-state index contributed by atoms with van der Waals surface area (Å²) >= 11 is 0. The van der Waals surface area contributed by atoms with Crippen LogP contribution in [0.15, 0.2) is 10.6 Å². The van der Waals surface area contributed by atoms with E-state index in [1.54, 1.807) is 0 Å². The first-order valence-electron chi connectivity index (χ1n) is 7.14. The van der Waals surface area contributed by atoms with E-state index in [0.717, 1.165) is 24.2 Å². The van der Waals surface area contributed by atoms with Crippen LogP contribution in [0.4, 0.5) is 0 Å². The van der Waals surface area contributed by atoms with E-state index in [1.165, 1.54) is 38.9 Å². The highest BCUT2D eigenvalue weighted by Gasteiger charge is 2.31. The summed E-state index contributed by atoms with van der Waals surface area (Å²) in [6.45, 7) is 9.07. The SMILES string of the molecule is Cc1cnc(C(C)N2CCCN3CCCC3C2)o1. The first-order valence-corrected chi connectivity index (χ1v) is 7.14. The predicted octanol–water partition coefficient (Wildman–Crippen LogP) is 2.21. The lowest BCUT2D eigenvalue weighted by Gasteiger charge is -2.28. The maximum Gasteiger partial charge on any atom is 0.211 e. The monoisotopic (exact) mass is 249 g/mol. The van der Waals surface area contributed by atoms with Gasteiger partial charge in [0.1, 0.15) is 5.76 Å². The molecule has 0 saturated carbocycles. The van der Waals surface area contributed by atoms with Crippen LogP contribution in [-0.4, -0.2) is 47.0 Å². The largest absolute Gasteiger partial charge is 0.444 e. The lowest BCUT2D eigenvalue weighted by molar-refractivity contribution is 0.162. The van der Waals surface area contributed by atoms with Crippen LogP contribution in [-0.2, 0) is 0 Å². The van der Waals surface area contributed by atoms with Crippen LogP contribution >= 0.6 is 0 Å². The molecule has 2 aliphatic rings. The number of aromatic nitrogens is 1. The first kappa shape index (κ1) is 12.2. The molecule has 4 nitrogen and oxygen atoms in total. The Hall–Kier alpha value is -0.870. The Morgan fingerprint density at radius 3 is 2.94 bits per heavy atom. The first-order chi connectivity index (χ1) is 8.74. The number of rotatable bonds is 2. The molecule has 4 heteroatoms. The summed E-state index contributed by atoms with van der Waals surface area (Å²) in [6, 6.07) is 1.06. The van der Waals surface area contributed by atoms with Crippen molar-refractivity contribution in [1.82, 2.24) is 14.8 Å². The molecule has 3 rings (SSSR count). The molecule has 0 radical (unpaired) electrons. The molecular weight excluding hydrogens is 226 g/mol. The molecule has 2 saturated heterocycles. The van der Waals surface area contributed by atoms with Gasteiger partial charge in [-0.3, -0.25) is 9.80 Å². The zero-order chi connectivity index (χ0) is 12.5. The Kier molecular flexibility index (Phi) is 3.39. The van der Waals surface area contributed by atoms with Gasteiger partial charge in [0.05, 0.1) is 12.2 Å². The summed E-state index contributed by atoms with van der Waals surface area (Å²) in [5.41, 5.74) is 0. The summed E-state index contributed by atoms with van der Waals surface area (Å²) in [7, 11) is 0. The average molecular weight is 249 g/mol. The predicted molar refractivity (Wildman–Crippen MR) is 70.4 cm³/mol. The van der Waals surface area contributed by atoms with Crippen molar-refractivity contribution in [3.05, 3.63) is 17.8 Å². The quantitative estimate of drug-likeness (QED) is 0.804. The van der Waals surface area contributed by atoms with E-state index in [4.69, 9.17) is 4.42 Å². The molecule has 2 atom stereocenters. The van der Waals surface area contributed by atoms with E-state index in [1.807, 2.05) is 13.1 Å². The average Bonchev–Trinajstić information content (AvgIpc) is 2.93. The Morgan fingerprint density at radius 2 is 2.17 bits per heavy atom. The van der Waals surface area contributed by atoms with Crippen molar-refractivity contribution < 1.29 is 4.42 Å². The summed E-state index contributed by atoms with van der Waals surface area (Å²) in [6.07, 6.45) is 5.81. The van der Waals surface area contributed by atoms with Gasteiger partial charge < -0.3 is 4.42 Å². The van der Waals surface area contributed by atoms with Crippen molar-refractivity contribution in [3.63, 3.8) is 0 Å². The minimum absolute atomic E-state index is 0.305. The molecule has 3 heterocycles. The summed E-state index contributed by atoms with van der Waals surface area (Å²) < 4.78 is 5.68. The number of nitrogens with zero attached hydrogens (tertiary/aromatic N) is 3. The van der Waals surface area contributed by atoms with E-state index in [-0.39, 0.29) is 0 Å². The summed E-state index contributed by atoms with van der Waals surface area (Å²) in [4.78, 5) is 9.59. The Morgan fingerprint density at radius 1 is 1.33 bits per heavy atom. The van der Waals surface area contributed by atoms with Gasteiger partial charge in [0, 0.05) is 19.1 Å². The second-order valence-electron chi connectivity index (χ2n) is 5.67. The van der Waals surface area contributed by atoms with Crippen LogP contribution in [0.1, 0.15) is 43.9 Å². The van der Waals surface area contributed by atoms with Gasteiger partial charge in [0.2, 0.25) is 5.89 Å². The maximum absolute atomic E-state index is 5.68. The van der Waals surface area contributed by atoms with E-state index >= 15 is 0 Å². The number of fused-ring (bicyclic) bond motifs is 1. The van der Waals surface area contributed by atoms with Gasteiger partial charge in [-0.15, -0.1) is 0 Å². The van der Waals surface area contributed by atoms with Gasteiger partial charge in [-0.25, -0.2) is 4.98 Å². The van der Waals surface area contributed by atoms with Crippen LogP contribution in [0, 0.1) is 6.92 Å². The molecule has 2 aliphatic heterocycles. The molecule has 2 unspecified atom stereocenters. The highest BCUT2D eigenvalue weighted by atomic mass is 16.4.